The highest BCUT2D eigenvalue weighted by molar-refractivity contribution is 5.67. The second kappa shape index (κ2) is 11.5. The molecular formula is C49H56N2. The quantitative estimate of drug-likeness (QED) is 0.201. The zero-order valence-corrected chi connectivity index (χ0v) is 30.9. The Morgan fingerprint density at radius 3 is 1.10 bits per heavy atom. The predicted octanol–water partition coefficient (Wildman–Crippen LogP) is 12.0. The Hall–Kier alpha value is -3.52. The fourth-order valence-electron chi connectivity index (χ4n) is 14.6. The van der Waals surface area contributed by atoms with E-state index in [0.29, 0.717) is 10.8 Å². The first-order valence-corrected chi connectivity index (χ1v) is 20.8. The van der Waals surface area contributed by atoms with Crippen LogP contribution in [-0.2, 0) is 10.8 Å². The van der Waals surface area contributed by atoms with Crippen LogP contribution in [0.25, 0.3) is 0 Å². The second-order valence-corrected chi connectivity index (χ2v) is 19.2. The van der Waals surface area contributed by atoms with Crippen LogP contribution in [0.2, 0.25) is 0 Å². The largest absolute Gasteiger partial charge is 0.344 e. The summed E-state index contributed by atoms with van der Waals surface area (Å²) in [6.45, 7) is 5.65. The van der Waals surface area contributed by atoms with Gasteiger partial charge in [-0.1, -0.05) is 84.9 Å². The second-order valence-electron chi connectivity index (χ2n) is 19.2. The molecule has 9 fully saturated rings. The van der Waals surface area contributed by atoms with Crippen molar-refractivity contribution in [3.8, 4) is 0 Å². The van der Waals surface area contributed by atoms with Gasteiger partial charge in [-0.3, -0.25) is 0 Å². The molecule has 1 saturated heterocycles. The van der Waals surface area contributed by atoms with Crippen LogP contribution >= 0.6 is 0 Å². The summed E-state index contributed by atoms with van der Waals surface area (Å²) in [6.07, 6.45) is 17.5. The molecule has 13 rings (SSSR count). The summed E-state index contributed by atoms with van der Waals surface area (Å²) < 4.78 is 0. The van der Waals surface area contributed by atoms with Crippen molar-refractivity contribution in [2.24, 2.45) is 35.5 Å². The monoisotopic (exact) mass is 672 g/mol. The van der Waals surface area contributed by atoms with E-state index in [0.717, 1.165) is 42.2 Å². The van der Waals surface area contributed by atoms with E-state index in [9.17, 15) is 0 Å². The van der Waals surface area contributed by atoms with Gasteiger partial charge < -0.3 is 9.80 Å². The lowest BCUT2D eigenvalue weighted by Crippen LogP contribution is -2.48. The van der Waals surface area contributed by atoms with E-state index in [-0.39, 0.29) is 12.1 Å². The third-order valence-corrected chi connectivity index (χ3v) is 15.9. The molecule has 4 aromatic rings. The average molecular weight is 673 g/mol. The number of hydrogen-bond acceptors (Lipinski definition) is 2. The molecular weight excluding hydrogens is 617 g/mol. The molecule has 0 N–H and O–H groups in total. The Balaban J connectivity index is 1.05. The molecule has 2 atom stereocenters. The minimum Gasteiger partial charge on any atom is -0.344 e. The molecule has 9 aliphatic rings. The van der Waals surface area contributed by atoms with E-state index in [2.05, 4.69) is 121 Å². The van der Waals surface area contributed by atoms with E-state index >= 15 is 0 Å². The van der Waals surface area contributed by atoms with Crippen molar-refractivity contribution in [3.05, 3.63) is 130 Å². The van der Waals surface area contributed by atoms with Crippen molar-refractivity contribution in [2.45, 2.75) is 114 Å². The normalized spacial score (nSPS) is 37.5. The lowest BCUT2D eigenvalue weighted by atomic mass is 9.48. The van der Waals surface area contributed by atoms with E-state index in [1.165, 1.54) is 111 Å². The first kappa shape index (κ1) is 31.0. The Morgan fingerprint density at radius 1 is 0.431 bits per heavy atom. The van der Waals surface area contributed by atoms with Crippen LogP contribution in [0.3, 0.4) is 0 Å². The van der Waals surface area contributed by atoms with Gasteiger partial charge in [0, 0.05) is 11.4 Å². The molecule has 0 aromatic heterocycles. The number of nitrogens with zero attached hydrogens (tertiary/aromatic N) is 2. The van der Waals surface area contributed by atoms with Crippen molar-refractivity contribution >= 4 is 11.4 Å². The van der Waals surface area contributed by atoms with Crippen LogP contribution in [0.4, 0.5) is 11.4 Å². The first-order chi connectivity index (χ1) is 24.9. The minimum atomic E-state index is 0.210. The number of anilines is 2. The third kappa shape index (κ3) is 4.94. The van der Waals surface area contributed by atoms with Crippen molar-refractivity contribution in [3.63, 3.8) is 0 Å². The molecule has 2 heteroatoms. The lowest BCUT2D eigenvalue weighted by molar-refractivity contribution is -0.00529. The molecule has 0 amide bonds. The van der Waals surface area contributed by atoms with Gasteiger partial charge in [-0.05, 0) is 183 Å². The van der Waals surface area contributed by atoms with Gasteiger partial charge in [0.1, 0.15) is 0 Å². The number of rotatable bonds is 6. The molecule has 4 aromatic carbocycles. The highest BCUT2D eigenvalue weighted by Crippen LogP contribution is 2.63. The Kier molecular flexibility index (Phi) is 6.99. The average Bonchev–Trinajstić information content (AvgIpc) is 3.52. The Morgan fingerprint density at radius 2 is 0.765 bits per heavy atom. The first-order valence-electron chi connectivity index (χ1n) is 20.8. The molecule has 0 spiro atoms. The van der Waals surface area contributed by atoms with Crippen molar-refractivity contribution < 1.29 is 0 Å². The summed E-state index contributed by atoms with van der Waals surface area (Å²) >= 11 is 0. The highest BCUT2D eigenvalue weighted by atomic mass is 15.4. The molecule has 0 radical (unpaired) electrons. The molecule has 8 aliphatic carbocycles. The molecule has 262 valence electrons. The van der Waals surface area contributed by atoms with Crippen LogP contribution < -0.4 is 9.80 Å². The van der Waals surface area contributed by atoms with Gasteiger partial charge in [-0.2, -0.15) is 0 Å². The van der Waals surface area contributed by atoms with Gasteiger partial charge in [0.05, 0.1) is 18.8 Å². The predicted molar refractivity (Wildman–Crippen MR) is 210 cm³/mol. The van der Waals surface area contributed by atoms with Gasteiger partial charge in [0.15, 0.2) is 0 Å². The maximum absolute atomic E-state index is 2.82. The summed E-state index contributed by atoms with van der Waals surface area (Å²) in [4.78, 5) is 5.65. The fourth-order valence-corrected chi connectivity index (χ4v) is 14.6. The molecule has 1 aliphatic heterocycles. The third-order valence-electron chi connectivity index (χ3n) is 15.9. The van der Waals surface area contributed by atoms with Crippen LogP contribution in [0.5, 0.6) is 0 Å². The van der Waals surface area contributed by atoms with Crippen LogP contribution in [0.1, 0.15) is 123 Å². The number of aryl methyl sites for hydroxylation is 2. The summed E-state index contributed by atoms with van der Waals surface area (Å²) in [6, 6.07) is 38.9. The van der Waals surface area contributed by atoms with Crippen LogP contribution in [0, 0.1) is 49.4 Å². The summed E-state index contributed by atoms with van der Waals surface area (Å²) in [7, 11) is 0. The minimum absolute atomic E-state index is 0.210. The summed E-state index contributed by atoms with van der Waals surface area (Å²) in [5.41, 5.74) is 12.6. The van der Waals surface area contributed by atoms with Crippen LogP contribution in [-0.4, -0.2) is 6.67 Å². The van der Waals surface area contributed by atoms with Gasteiger partial charge in [0.25, 0.3) is 0 Å². The van der Waals surface area contributed by atoms with E-state index in [1.807, 2.05) is 0 Å². The maximum Gasteiger partial charge on any atom is 0.0917 e. The zero-order valence-electron chi connectivity index (χ0n) is 30.9. The van der Waals surface area contributed by atoms with Gasteiger partial charge >= 0.3 is 0 Å². The Labute approximate surface area is 306 Å². The summed E-state index contributed by atoms with van der Waals surface area (Å²) in [5.74, 6) is 5.71. The molecule has 0 unspecified atom stereocenters. The molecule has 8 bridgehead atoms. The maximum atomic E-state index is 2.82. The zero-order chi connectivity index (χ0) is 33.9. The number of benzene rings is 4. The van der Waals surface area contributed by atoms with Crippen molar-refractivity contribution in [1.82, 2.24) is 0 Å². The molecule has 51 heavy (non-hydrogen) atoms. The van der Waals surface area contributed by atoms with Gasteiger partial charge in [-0.15, -0.1) is 0 Å². The smallest absolute Gasteiger partial charge is 0.0917 e. The lowest BCUT2D eigenvalue weighted by Gasteiger charge is -2.57. The van der Waals surface area contributed by atoms with Gasteiger partial charge in [0.2, 0.25) is 0 Å². The fraction of sp³-hybridized carbons (Fsp3) is 0.510. The molecule has 8 saturated carbocycles. The van der Waals surface area contributed by atoms with Crippen LogP contribution in [0.15, 0.2) is 97.1 Å². The van der Waals surface area contributed by atoms with E-state index in [4.69, 9.17) is 0 Å². The standard InChI is InChI=1S/C49H56N2/c1-32-13-15-42(48-25-34-17-35(26-48)19-36(18-34)27-48)23-44(32)50-31-51(47(41-11-7-4-8-12-41)46(50)40-9-5-3-6-10-40)45-24-43(16-14-33(45)2)49-28-37-20-38(29-49)22-39(21-37)30-49/h3-16,23-24,34-39,46-47H,17-22,25-31H2,1-2H3/t34?,35?,36?,37?,38?,39?,46-,47-,48?,49?/m1/s1. The van der Waals surface area contributed by atoms with Gasteiger partial charge in [-0.25, -0.2) is 0 Å². The van der Waals surface area contributed by atoms with E-state index < -0.39 is 0 Å². The van der Waals surface area contributed by atoms with Crippen molar-refractivity contribution in [1.29, 1.82) is 0 Å². The SMILES string of the molecule is Cc1ccc(C23CC4CC(CC(C4)C2)C3)cc1N1CN(c2cc(C34CC5CC(CC(C5)C3)C4)ccc2C)[C@H](c2ccccc2)[C@H]1c1ccccc1. The van der Waals surface area contributed by atoms with Crippen molar-refractivity contribution in [2.75, 3.05) is 16.5 Å². The topological polar surface area (TPSA) is 6.48 Å². The number of hydrogen-bond donors (Lipinski definition) is 0. The highest BCUT2D eigenvalue weighted by Gasteiger charge is 2.53. The summed E-state index contributed by atoms with van der Waals surface area (Å²) in [5, 5.41) is 0. The Bertz CT molecular complexity index is 1730. The van der Waals surface area contributed by atoms with E-state index in [1.54, 1.807) is 11.1 Å². The molecule has 1 heterocycles. The molecule has 2 nitrogen and oxygen atoms in total.